The largest absolute Gasteiger partial charge is 0.396 e. The minimum Gasteiger partial charge on any atom is -0.396 e. The molecular weight excluding hydrogens is 246 g/mol. The third-order valence-corrected chi connectivity index (χ3v) is 3.87. The van der Waals surface area contributed by atoms with Crippen molar-refractivity contribution in [3.63, 3.8) is 0 Å². The van der Waals surface area contributed by atoms with Crippen LogP contribution in [0.4, 0.5) is 11.4 Å². The summed E-state index contributed by atoms with van der Waals surface area (Å²) in [6, 6.07) is 4.75. The summed E-state index contributed by atoms with van der Waals surface area (Å²) in [5, 5.41) is 3.32. The standard InChI is InChI=1S/C9H9N3O2S2/c10-8-2-1-4-11-9(8)16(13,14)12-7-3-5-15-6-7/h1-6,12H,10H2. The molecule has 0 saturated carbocycles. The highest BCUT2D eigenvalue weighted by molar-refractivity contribution is 7.92. The molecule has 16 heavy (non-hydrogen) atoms. The van der Waals surface area contributed by atoms with Gasteiger partial charge in [-0.25, -0.2) is 4.98 Å². The molecule has 3 N–H and O–H groups in total. The summed E-state index contributed by atoms with van der Waals surface area (Å²) < 4.78 is 26.1. The number of nitrogens with two attached hydrogens (primary N) is 1. The van der Waals surface area contributed by atoms with Crippen LogP contribution in [-0.4, -0.2) is 13.4 Å². The highest BCUT2D eigenvalue weighted by atomic mass is 32.2. The first-order chi connectivity index (χ1) is 7.59. The van der Waals surface area contributed by atoms with E-state index < -0.39 is 10.0 Å². The maximum absolute atomic E-state index is 11.9. The first-order valence-corrected chi connectivity index (χ1v) is 6.78. The van der Waals surface area contributed by atoms with Crippen LogP contribution in [0.2, 0.25) is 0 Å². The highest BCUT2D eigenvalue weighted by Gasteiger charge is 2.18. The van der Waals surface area contributed by atoms with Gasteiger partial charge in [0.1, 0.15) is 0 Å². The first kappa shape index (κ1) is 10.9. The molecule has 0 aromatic carbocycles. The predicted octanol–water partition coefficient (Wildman–Crippen LogP) is 1.53. The van der Waals surface area contributed by atoms with Crippen LogP contribution in [0.5, 0.6) is 0 Å². The Morgan fingerprint density at radius 3 is 2.81 bits per heavy atom. The van der Waals surface area contributed by atoms with Gasteiger partial charge in [-0.15, -0.1) is 0 Å². The Hall–Kier alpha value is -1.60. The van der Waals surface area contributed by atoms with Gasteiger partial charge in [0.2, 0.25) is 0 Å². The van der Waals surface area contributed by atoms with Crippen molar-refractivity contribution in [1.82, 2.24) is 4.98 Å². The molecule has 0 aliphatic carbocycles. The van der Waals surface area contributed by atoms with Crippen molar-refractivity contribution in [2.45, 2.75) is 5.03 Å². The Balaban J connectivity index is 2.37. The Morgan fingerprint density at radius 2 is 2.19 bits per heavy atom. The molecule has 7 heteroatoms. The molecule has 0 bridgehead atoms. The fourth-order valence-electron chi connectivity index (χ4n) is 1.15. The van der Waals surface area contributed by atoms with E-state index >= 15 is 0 Å². The average molecular weight is 255 g/mol. The quantitative estimate of drug-likeness (QED) is 0.871. The Kier molecular flexibility index (Phi) is 2.80. The minimum atomic E-state index is -3.69. The van der Waals surface area contributed by atoms with Crippen LogP contribution < -0.4 is 10.5 Å². The van der Waals surface area contributed by atoms with Crippen LogP contribution in [0.3, 0.4) is 0 Å². The van der Waals surface area contributed by atoms with E-state index in [0.717, 1.165) is 0 Å². The molecule has 0 radical (unpaired) electrons. The van der Waals surface area contributed by atoms with Crippen LogP contribution in [0.15, 0.2) is 40.2 Å². The van der Waals surface area contributed by atoms with Crippen molar-refractivity contribution in [3.8, 4) is 0 Å². The molecule has 0 saturated heterocycles. The zero-order chi connectivity index (χ0) is 11.6. The van der Waals surface area contributed by atoms with Gasteiger partial charge >= 0.3 is 0 Å². The number of hydrogen-bond acceptors (Lipinski definition) is 5. The number of pyridine rings is 1. The van der Waals surface area contributed by atoms with Gasteiger partial charge in [-0.1, -0.05) is 0 Å². The van der Waals surface area contributed by atoms with Crippen LogP contribution in [0, 0.1) is 0 Å². The number of thiophene rings is 1. The van der Waals surface area contributed by atoms with Gasteiger partial charge < -0.3 is 5.73 Å². The smallest absolute Gasteiger partial charge is 0.281 e. The lowest BCUT2D eigenvalue weighted by molar-refractivity contribution is 0.598. The van der Waals surface area contributed by atoms with Crippen LogP contribution in [0.1, 0.15) is 0 Å². The molecule has 2 aromatic heterocycles. The van der Waals surface area contributed by atoms with Gasteiger partial charge in [-0.3, -0.25) is 4.72 Å². The van der Waals surface area contributed by atoms with Crippen LogP contribution in [0.25, 0.3) is 0 Å². The molecule has 2 heterocycles. The second-order valence-electron chi connectivity index (χ2n) is 3.02. The van der Waals surface area contributed by atoms with Gasteiger partial charge in [-0.2, -0.15) is 19.8 Å². The highest BCUT2D eigenvalue weighted by Crippen LogP contribution is 2.20. The number of nitrogen functional groups attached to an aromatic ring is 1. The van der Waals surface area contributed by atoms with Gasteiger partial charge in [0.05, 0.1) is 11.4 Å². The fraction of sp³-hybridized carbons (Fsp3) is 0. The molecule has 0 atom stereocenters. The third-order valence-electron chi connectivity index (χ3n) is 1.83. The van der Waals surface area contributed by atoms with Crippen molar-refractivity contribution in [1.29, 1.82) is 0 Å². The number of nitrogens with zero attached hydrogens (tertiary/aromatic N) is 1. The molecule has 2 aromatic rings. The maximum Gasteiger partial charge on any atom is 0.281 e. The van der Waals surface area contributed by atoms with E-state index in [1.807, 2.05) is 0 Å². The van der Waals surface area contributed by atoms with Gasteiger partial charge in [0.15, 0.2) is 5.03 Å². The van der Waals surface area contributed by atoms with Crippen molar-refractivity contribution in [2.75, 3.05) is 10.5 Å². The molecule has 5 nitrogen and oxygen atoms in total. The zero-order valence-electron chi connectivity index (χ0n) is 8.12. The molecule has 0 aliphatic heterocycles. The summed E-state index contributed by atoms with van der Waals surface area (Å²) in [6.45, 7) is 0. The molecule has 0 unspecified atom stereocenters. The average Bonchev–Trinajstić information content (AvgIpc) is 2.70. The van der Waals surface area contributed by atoms with Crippen LogP contribution in [-0.2, 0) is 10.0 Å². The van der Waals surface area contributed by atoms with E-state index in [0.29, 0.717) is 5.69 Å². The molecule has 0 amide bonds. The lowest BCUT2D eigenvalue weighted by Gasteiger charge is -2.06. The lowest BCUT2D eigenvalue weighted by Crippen LogP contribution is -2.15. The van der Waals surface area contributed by atoms with E-state index in [4.69, 9.17) is 5.73 Å². The summed E-state index contributed by atoms with van der Waals surface area (Å²) in [5.41, 5.74) is 6.20. The Bertz CT molecular complexity index is 579. The van der Waals surface area contributed by atoms with E-state index in [1.165, 1.54) is 23.6 Å². The summed E-state index contributed by atoms with van der Waals surface area (Å²) in [7, 11) is -3.69. The molecule has 84 valence electrons. The molecule has 0 aliphatic rings. The van der Waals surface area contributed by atoms with Crippen molar-refractivity contribution < 1.29 is 8.42 Å². The number of rotatable bonds is 3. The number of anilines is 2. The Morgan fingerprint density at radius 1 is 1.38 bits per heavy atom. The minimum absolute atomic E-state index is 0.130. The molecule has 0 fully saturated rings. The normalized spacial score (nSPS) is 11.2. The lowest BCUT2D eigenvalue weighted by atomic mass is 10.4. The van der Waals surface area contributed by atoms with Crippen molar-refractivity contribution in [3.05, 3.63) is 35.2 Å². The second-order valence-corrected chi connectivity index (χ2v) is 5.39. The van der Waals surface area contributed by atoms with Gasteiger partial charge in [0, 0.05) is 11.6 Å². The second kappa shape index (κ2) is 4.11. The van der Waals surface area contributed by atoms with E-state index in [-0.39, 0.29) is 10.7 Å². The number of hydrogen-bond donors (Lipinski definition) is 2. The maximum atomic E-state index is 11.9. The summed E-state index contributed by atoms with van der Waals surface area (Å²) >= 11 is 1.40. The molecule has 0 spiro atoms. The monoisotopic (exact) mass is 255 g/mol. The number of aromatic nitrogens is 1. The van der Waals surface area contributed by atoms with Crippen molar-refractivity contribution in [2.24, 2.45) is 0 Å². The number of nitrogens with one attached hydrogen (secondary N) is 1. The van der Waals surface area contributed by atoms with E-state index in [2.05, 4.69) is 9.71 Å². The zero-order valence-corrected chi connectivity index (χ0v) is 9.75. The molecular formula is C9H9N3O2S2. The first-order valence-electron chi connectivity index (χ1n) is 4.35. The fourth-order valence-corrected chi connectivity index (χ4v) is 2.93. The van der Waals surface area contributed by atoms with Crippen LogP contribution >= 0.6 is 11.3 Å². The summed E-state index contributed by atoms with van der Waals surface area (Å²) in [6.07, 6.45) is 1.39. The number of sulfonamides is 1. The summed E-state index contributed by atoms with van der Waals surface area (Å²) in [4.78, 5) is 3.76. The predicted molar refractivity (Wildman–Crippen MR) is 63.8 cm³/mol. The Labute approximate surface area is 97.0 Å². The van der Waals surface area contributed by atoms with E-state index in [1.54, 1.807) is 22.9 Å². The van der Waals surface area contributed by atoms with Crippen molar-refractivity contribution >= 4 is 32.7 Å². The SMILES string of the molecule is Nc1cccnc1S(=O)(=O)Nc1ccsc1. The third kappa shape index (κ3) is 2.15. The van der Waals surface area contributed by atoms with Gasteiger partial charge in [-0.05, 0) is 23.6 Å². The van der Waals surface area contributed by atoms with Gasteiger partial charge in [0.25, 0.3) is 10.0 Å². The summed E-state index contributed by atoms with van der Waals surface area (Å²) in [5.74, 6) is 0. The van der Waals surface area contributed by atoms with E-state index in [9.17, 15) is 8.42 Å². The topological polar surface area (TPSA) is 85.1 Å². The molecule has 2 rings (SSSR count).